The smallest absolute Gasteiger partial charge is 0.324 e. The highest BCUT2D eigenvalue weighted by atomic mass is 19.4. The standard InChI is InChI=1S/C14H10F6N4O/c1-7-6-12(24-23-7,14(18,19)20)11(25)22-8-3-4-10(21-2)9(5-8)13(15,16)17/h3-5,24H,6H2,1H3,(H,22,25). The van der Waals surface area contributed by atoms with Gasteiger partial charge in [0.25, 0.3) is 5.91 Å². The van der Waals surface area contributed by atoms with Crippen molar-refractivity contribution in [2.45, 2.75) is 31.2 Å². The fraction of sp³-hybridized carbons (Fsp3) is 0.357. The third-order valence-electron chi connectivity index (χ3n) is 3.51. The third kappa shape index (κ3) is 3.38. The zero-order chi connectivity index (χ0) is 19.0. The number of carbonyl (C=O) groups is 1. The maximum Gasteiger partial charge on any atom is 0.422 e. The van der Waals surface area contributed by atoms with Gasteiger partial charge >= 0.3 is 12.4 Å². The molecule has 0 saturated heterocycles. The van der Waals surface area contributed by atoms with E-state index in [0.29, 0.717) is 6.07 Å². The van der Waals surface area contributed by atoms with Crippen LogP contribution in [0.5, 0.6) is 0 Å². The van der Waals surface area contributed by atoms with E-state index in [0.717, 1.165) is 12.1 Å². The number of nitrogens with one attached hydrogen (secondary N) is 2. The zero-order valence-electron chi connectivity index (χ0n) is 12.5. The molecule has 0 aromatic heterocycles. The van der Waals surface area contributed by atoms with Gasteiger partial charge in [-0.15, -0.1) is 0 Å². The SMILES string of the molecule is [C-]#[N+]c1ccc(NC(=O)C2(C(F)(F)F)CC(C)=NN2)cc1C(F)(F)F. The van der Waals surface area contributed by atoms with Gasteiger partial charge in [0.1, 0.15) is 0 Å². The molecule has 1 aromatic carbocycles. The molecule has 1 aromatic rings. The molecule has 1 aliphatic rings. The summed E-state index contributed by atoms with van der Waals surface area (Å²) in [6.07, 6.45) is -10.7. The Morgan fingerprint density at radius 2 is 1.96 bits per heavy atom. The molecule has 2 N–H and O–H groups in total. The highest BCUT2D eigenvalue weighted by Gasteiger charge is 2.62. The van der Waals surface area contributed by atoms with Crippen LogP contribution in [0.4, 0.5) is 37.7 Å². The Kier molecular flexibility index (Phi) is 4.42. The summed E-state index contributed by atoms with van der Waals surface area (Å²) >= 11 is 0. The van der Waals surface area contributed by atoms with Crippen molar-refractivity contribution in [2.75, 3.05) is 5.32 Å². The summed E-state index contributed by atoms with van der Waals surface area (Å²) in [5.74, 6) is -1.59. The Labute approximate surface area is 137 Å². The lowest BCUT2D eigenvalue weighted by Gasteiger charge is -2.29. The quantitative estimate of drug-likeness (QED) is 0.618. The Hall–Kier alpha value is -2.77. The van der Waals surface area contributed by atoms with Crippen molar-refractivity contribution in [1.29, 1.82) is 0 Å². The number of hydrogen-bond acceptors (Lipinski definition) is 3. The minimum Gasteiger partial charge on any atom is -0.324 e. The van der Waals surface area contributed by atoms with E-state index in [-0.39, 0.29) is 5.71 Å². The van der Waals surface area contributed by atoms with Crippen LogP contribution in [0, 0.1) is 6.57 Å². The average Bonchev–Trinajstić information content (AvgIpc) is 2.89. The largest absolute Gasteiger partial charge is 0.422 e. The molecule has 5 nitrogen and oxygen atoms in total. The second kappa shape index (κ2) is 5.94. The number of benzene rings is 1. The molecule has 25 heavy (non-hydrogen) atoms. The van der Waals surface area contributed by atoms with Crippen molar-refractivity contribution in [3.05, 3.63) is 35.2 Å². The van der Waals surface area contributed by atoms with Crippen LogP contribution in [0.2, 0.25) is 0 Å². The third-order valence-corrected chi connectivity index (χ3v) is 3.51. The fourth-order valence-corrected chi connectivity index (χ4v) is 2.25. The lowest BCUT2D eigenvalue weighted by Crippen LogP contribution is -2.61. The topological polar surface area (TPSA) is 57.9 Å². The number of hydrazone groups is 1. The van der Waals surface area contributed by atoms with E-state index in [2.05, 4.69) is 9.95 Å². The first-order valence-electron chi connectivity index (χ1n) is 6.68. The molecular weight excluding hydrogens is 354 g/mol. The van der Waals surface area contributed by atoms with Crippen LogP contribution in [0.3, 0.4) is 0 Å². The van der Waals surface area contributed by atoms with Crippen LogP contribution < -0.4 is 10.7 Å². The second-order valence-electron chi connectivity index (χ2n) is 5.33. The molecule has 1 heterocycles. The maximum absolute atomic E-state index is 13.3. The van der Waals surface area contributed by atoms with Gasteiger partial charge in [0, 0.05) is 17.8 Å². The van der Waals surface area contributed by atoms with Gasteiger partial charge in [0.15, 0.2) is 5.69 Å². The van der Waals surface area contributed by atoms with Crippen LogP contribution in [-0.4, -0.2) is 23.3 Å². The molecule has 134 valence electrons. The van der Waals surface area contributed by atoms with Crippen molar-refractivity contribution in [1.82, 2.24) is 5.43 Å². The lowest BCUT2D eigenvalue weighted by atomic mass is 9.92. The van der Waals surface area contributed by atoms with Gasteiger partial charge in [-0.2, -0.15) is 31.4 Å². The van der Waals surface area contributed by atoms with E-state index < -0.39 is 47.2 Å². The van der Waals surface area contributed by atoms with Crippen LogP contribution in [-0.2, 0) is 11.0 Å². The molecular formula is C14H10F6N4O. The Morgan fingerprint density at radius 1 is 1.32 bits per heavy atom. The van der Waals surface area contributed by atoms with Gasteiger partial charge in [0.05, 0.1) is 12.1 Å². The summed E-state index contributed by atoms with van der Waals surface area (Å²) in [6, 6.07) is 2.11. The highest BCUT2D eigenvalue weighted by molar-refractivity contribution is 6.04. The number of nitrogens with zero attached hydrogens (tertiary/aromatic N) is 2. The van der Waals surface area contributed by atoms with Crippen LogP contribution in [0.1, 0.15) is 18.9 Å². The normalized spacial score (nSPS) is 20.5. The van der Waals surface area contributed by atoms with E-state index >= 15 is 0 Å². The Balaban J connectivity index is 2.36. The van der Waals surface area contributed by atoms with Crippen LogP contribution >= 0.6 is 0 Å². The van der Waals surface area contributed by atoms with Crippen molar-refractivity contribution < 1.29 is 31.1 Å². The van der Waals surface area contributed by atoms with Gasteiger partial charge in [-0.25, -0.2) is 4.85 Å². The van der Waals surface area contributed by atoms with Crippen LogP contribution in [0.25, 0.3) is 4.85 Å². The van der Waals surface area contributed by atoms with Gasteiger partial charge < -0.3 is 5.32 Å². The highest BCUT2D eigenvalue weighted by Crippen LogP contribution is 2.40. The van der Waals surface area contributed by atoms with Gasteiger partial charge in [0.2, 0.25) is 5.54 Å². The lowest BCUT2D eigenvalue weighted by molar-refractivity contribution is -0.193. The summed E-state index contributed by atoms with van der Waals surface area (Å²) in [5, 5.41) is 5.19. The molecule has 0 aliphatic carbocycles. The molecule has 1 aliphatic heterocycles. The van der Waals surface area contributed by atoms with E-state index in [4.69, 9.17) is 6.57 Å². The monoisotopic (exact) mass is 364 g/mol. The van der Waals surface area contributed by atoms with Gasteiger partial charge in [-0.1, -0.05) is 6.07 Å². The second-order valence-corrected chi connectivity index (χ2v) is 5.33. The van der Waals surface area contributed by atoms with Gasteiger partial charge in [-0.05, 0) is 19.1 Å². The first kappa shape index (κ1) is 18.6. The number of amides is 1. The van der Waals surface area contributed by atoms with Gasteiger partial charge in [-0.3, -0.25) is 10.2 Å². The molecule has 1 amide bonds. The molecule has 0 spiro atoms. The molecule has 0 saturated carbocycles. The van der Waals surface area contributed by atoms with Crippen molar-refractivity contribution in [3.63, 3.8) is 0 Å². The van der Waals surface area contributed by atoms with Crippen molar-refractivity contribution in [2.24, 2.45) is 5.10 Å². The number of rotatable bonds is 2. The molecule has 0 radical (unpaired) electrons. The fourth-order valence-electron chi connectivity index (χ4n) is 2.25. The summed E-state index contributed by atoms with van der Waals surface area (Å²) in [5.41, 5.74) is -3.91. The predicted octanol–water partition coefficient (Wildman–Crippen LogP) is 3.86. The number of anilines is 1. The molecule has 0 bridgehead atoms. The van der Waals surface area contributed by atoms with Crippen molar-refractivity contribution in [3.8, 4) is 0 Å². The van der Waals surface area contributed by atoms with E-state index in [9.17, 15) is 31.1 Å². The Bertz CT molecular complexity index is 777. The number of halogens is 6. The first-order valence-corrected chi connectivity index (χ1v) is 6.68. The average molecular weight is 364 g/mol. The van der Waals surface area contributed by atoms with E-state index in [1.54, 1.807) is 5.43 Å². The first-order chi connectivity index (χ1) is 11.4. The van der Waals surface area contributed by atoms with E-state index in [1.807, 2.05) is 5.32 Å². The summed E-state index contributed by atoms with van der Waals surface area (Å²) in [6.45, 7) is 7.99. The van der Waals surface area contributed by atoms with E-state index in [1.165, 1.54) is 6.92 Å². The maximum atomic E-state index is 13.3. The minimum atomic E-state index is -5.03. The summed E-state index contributed by atoms with van der Waals surface area (Å²) in [4.78, 5) is 14.8. The summed E-state index contributed by atoms with van der Waals surface area (Å²) < 4.78 is 78.6. The Morgan fingerprint density at radius 3 is 2.40 bits per heavy atom. The number of alkyl halides is 6. The predicted molar refractivity (Wildman–Crippen MR) is 76.0 cm³/mol. The number of hydrogen-bond donors (Lipinski definition) is 2. The molecule has 1 unspecified atom stereocenters. The molecule has 0 fully saturated rings. The van der Waals surface area contributed by atoms with Crippen LogP contribution in [0.15, 0.2) is 23.3 Å². The minimum absolute atomic E-state index is 0.0202. The number of carbonyl (C=O) groups excluding carboxylic acids is 1. The molecule has 1 atom stereocenters. The molecule has 2 rings (SSSR count). The summed E-state index contributed by atoms with van der Waals surface area (Å²) in [7, 11) is 0. The van der Waals surface area contributed by atoms with Crippen molar-refractivity contribution >= 4 is 23.0 Å². The molecule has 11 heteroatoms. The zero-order valence-corrected chi connectivity index (χ0v) is 12.5.